The maximum Gasteiger partial charge on any atom is 0.208 e. The number of hydrogen-bond acceptors (Lipinski definition) is 1. The van der Waals surface area contributed by atoms with E-state index in [0.717, 1.165) is 6.61 Å². The van der Waals surface area contributed by atoms with Crippen LogP contribution in [-0.2, 0) is 10.8 Å². The van der Waals surface area contributed by atoms with Gasteiger partial charge >= 0.3 is 0 Å². The molecule has 1 aliphatic rings. The van der Waals surface area contributed by atoms with Gasteiger partial charge in [0.2, 0.25) is 9.04 Å². The summed E-state index contributed by atoms with van der Waals surface area (Å²) in [4.78, 5) is 0. The van der Waals surface area contributed by atoms with Crippen molar-refractivity contribution in [3.05, 3.63) is 29.8 Å². The lowest BCUT2D eigenvalue weighted by atomic mass is 10.1. The van der Waals surface area contributed by atoms with Crippen LogP contribution in [0.5, 0.6) is 0 Å². The first kappa shape index (κ1) is 10.9. The summed E-state index contributed by atoms with van der Waals surface area (Å²) < 4.78 is 5.99. The summed E-state index contributed by atoms with van der Waals surface area (Å²) in [5.41, 5.74) is 1.54. The van der Waals surface area contributed by atoms with E-state index >= 15 is 0 Å². The van der Waals surface area contributed by atoms with Crippen LogP contribution in [0.1, 0.15) is 31.7 Å². The highest BCUT2D eigenvalue weighted by molar-refractivity contribution is 6.68. The Hall–Kier alpha value is -0.603. The third-order valence-corrected chi connectivity index (χ3v) is 5.93. The van der Waals surface area contributed by atoms with Gasteiger partial charge in [0.1, 0.15) is 0 Å². The molecular formula is C13H20OSi. The summed E-state index contributed by atoms with van der Waals surface area (Å²) in [6, 6.07) is 10.2. The van der Waals surface area contributed by atoms with Crippen molar-refractivity contribution in [2.75, 3.05) is 6.61 Å². The van der Waals surface area contributed by atoms with Crippen LogP contribution in [0.4, 0.5) is 0 Å². The first-order chi connectivity index (χ1) is 7.42. The second-order valence-corrected chi connectivity index (χ2v) is 6.81. The minimum atomic E-state index is -1.06. The largest absolute Gasteiger partial charge is 0.415 e. The highest BCUT2D eigenvalue weighted by Gasteiger charge is 2.20. The van der Waals surface area contributed by atoms with Crippen LogP contribution in [0.25, 0.3) is 0 Å². The molecule has 15 heavy (non-hydrogen) atoms. The maximum atomic E-state index is 5.99. The van der Waals surface area contributed by atoms with Crippen molar-refractivity contribution in [3.63, 3.8) is 0 Å². The molecule has 0 saturated carbocycles. The van der Waals surface area contributed by atoms with Crippen LogP contribution in [0.15, 0.2) is 24.3 Å². The number of rotatable bonds is 3. The Kier molecular flexibility index (Phi) is 3.98. The van der Waals surface area contributed by atoms with Gasteiger partial charge in [-0.1, -0.05) is 44.0 Å². The molecule has 82 valence electrons. The zero-order valence-electron chi connectivity index (χ0n) is 9.54. The molecule has 1 aromatic carbocycles. The fraction of sp³-hybridized carbons (Fsp3) is 0.538. The number of benzene rings is 1. The summed E-state index contributed by atoms with van der Waals surface area (Å²) in [5.74, 6) is 0. The van der Waals surface area contributed by atoms with Gasteiger partial charge < -0.3 is 4.43 Å². The molecule has 1 atom stereocenters. The molecule has 2 heteroatoms. The molecule has 0 radical (unpaired) electrons. The zero-order chi connectivity index (χ0) is 10.5. The first-order valence-electron chi connectivity index (χ1n) is 6.11. The highest BCUT2D eigenvalue weighted by atomic mass is 28.3. The Morgan fingerprint density at radius 3 is 2.87 bits per heavy atom. The Morgan fingerprint density at radius 1 is 1.27 bits per heavy atom. The van der Waals surface area contributed by atoms with E-state index in [2.05, 4.69) is 31.2 Å². The van der Waals surface area contributed by atoms with Gasteiger partial charge in [0, 0.05) is 6.61 Å². The van der Waals surface area contributed by atoms with Gasteiger partial charge in [-0.05, 0) is 29.6 Å². The van der Waals surface area contributed by atoms with Gasteiger partial charge in [-0.15, -0.1) is 0 Å². The molecule has 1 saturated heterocycles. The van der Waals surface area contributed by atoms with E-state index in [1.54, 1.807) is 10.8 Å². The van der Waals surface area contributed by atoms with E-state index in [4.69, 9.17) is 4.43 Å². The predicted octanol–water partition coefficient (Wildman–Crippen LogP) is 2.38. The SMILES string of the molecule is CCCc1ccccc1[SiH]1CCCCO1. The molecule has 0 aromatic heterocycles. The molecule has 0 amide bonds. The number of aryl methyl sites for hydroxylation is 1. The van der Waals surface area contributed by atoms with Crippen LogP contribution in [0.3, 0.4) is 0 Å². The molecule has 1 aliphatic heterocycles. The van der Waals surface area contributed by atoms with E-state index in [9.17, 15) is 0 Å². The topological polar surface area (TPSA) is 9.23 Å². The lowest BCUT2D eigenvalue weighted by Crippen LogP contribution is -2.38. The molecular weight excluding hydrogens is 200 g/mol. The third kappa shape index (κ3) is 2.70. The molecule has 0 N–H and O–H groups in total. The Morgan fingerprint density at radius 2 is 2.13 bits per heavy atom. The van der Waals surface area contributed by atoms with E-state index in [0.29, 0.717) is 0 Å². The normalized spacial score (nSPS) is 21.5. The minimum Gasteiger partial charge on any atom is -0.415 e. The third-order valence-electron chi connectivity index (χ3n) is 3.10. The molecule has 1 heterocycles. The molecule has 1 fully saturated rings. The summed E-state index contributed by atoms with van der Waals surface area (Å²) in [6.45, 7) is 3.25. The molecule has 0 aliphatic carbocycles. The average molecular weight is 220 g/mol. The highest BCUT2D eigenvalue weighted by Crippen LogP contribution is 2.13. The Balaban J connectivity index is 2.17. The molecule has 1 nitrogen and oxygen atoms in total. The van der Waals surface area contributed by atoms with E-state index in [1.807, 2.05) is 0 Å². The monoisotopic (exact) mass is 220 g/mol. The zero-order valence-corrected chi connectivity index (χ0v) is 10.7. The summed E-state index contributed by atoms with van der Waals surface area (Å²) >= 11 is 0. The summed E-state index contributed by atoms with van der Waals surface area (Å²) in [5, 5.41) is 1.57. The molecule has 0 spiro atoms. The maximum absolute atomic E-state index is 5.99. The molecule has 1 aromatic rings. The predicted molar refractivity (Wildman–Crippen MR) is 67.2 cm³/mol. The van der Waals surface area contributed by atoms with E-state index in [1.165, 1.54) is 31.7 Å². The Bertz CT molecular complexity index is 305. The van der Waals surface area contributed by atoms with Crippen LogP contribution in [0.2, 0.25) is 6.04 Å². The minimum absolute atomic E-state index is 0.997. The lowest BCUT2D eigenvalue weighted by Gasteiger charge is -2.23. The van der Waals surface area contributed by atoms with Crippen LogP contribution >= 0.6 is 0 Å². The van der Waals surface area contributed by atoms with Crippen molar-refractivity contribution in [1.82, 2.24) is 0 Å². The fourth-order valence-corrected chi connectivity index (χ4v) is 5.08. The second kappa shape index (κ2) is 5.47. The van der Waals surface area contributed by atoms with E-state index < -0.39 is 9.04 Å². The van der Waals surface area contributed by atoms with Crippen LogP contribution in [-0.4, -0.2) is 15.6 Å². The summed E-state index contributed by atoms with van der Waals surface area (Å²) in [6.07, 6.45) is 5.08. The standard InChI is InChI=1S/C13H20OSi/c1-2-7-12-8-3-4-9-13(12)15-11-6-5-10-14-15/h3-4,8-9,15H,2,5-7,10-11H2,1H3. The number of hydrogen-bond donors (Lipinski definition) is 0. The van der Waals surface area contributed by atoms with Gasteiger partial charge in [-0.2, -0.15) is 0 Å². The van der Waals surface area contributed by atoms with Crippen molar-refractivity contribution >= 4 is 14.2 Å². The van der Waals surface area contributed by atoms with Crippen LogP contribution < -0.4 is 5.19 Å². The van der Waals surface area contributed by atoms with Gasteiger partial charge in [0.15, 0.2) is 0 Å². The van der Waals surface area contributed by atoms with Gasteiger partial charge in [0.25, 0.3) is 0 Å². The molecule has 1 unspecified atom stereocenters. The van der Waals surface area contributed by atoms with Gasteiger partial charge in [0.05, 0.1) is 0 Å². The Labute approximate surface area is 94.2 Å². The van der Waals surface area contributed by atoms with Crippen molar-refractivity contribution in [2.45, 2.75) is 38.7 Å². The lowest BCUT2D eigenvalue weighted by molar-refractivity contribution is 0.294. The van der Waals surface area contributed by atoms with Gasteiger partial charge in [-0.25, -0.2) is 0 Å². The average Bonchev–Trinajstić information content (AvgIpc) is 2.31. The summed E-state index contributed by atoms with van der Waals surface area (Å²) in [7, 11) is -1.06. The molecule has 0 bridgehead atoms. The van der Waals surface area contributed by atoms with Crippen molar-refractivity contribution in [2.24, 2.45) is 0 Å². The van der Waals surface area contributed by atoms with Crippen molar-refractivity contribution in [3.8, 4) is 0 Å². The van der Waals surface area contributed by atoms with Crippen molar-refractivity contribution < 1.29 is 4.43 Å². The second-order valence-electron chi connectivity index (χ2n) is 4.30. The van der Waals surface area contributed by atoms with E-state index in [-0.39, 0.29) is 0 Å². The fourth-order valence-electron chi connectivity index (χ4n) is 2.33. The quantitative estimate of drug-likeness (QED) is 0.711. The molecule has 2 rings (SSSR count). The first-order valence-corrected chi connectivity index (χ1v) is 7.97. The smallest absolute Gasteiger partial charge is 0.208 e. The van der Waals surface area contributed by atoms with Crippen LogP contribution in [0, 0.1) is 0 Å². The van der Waals surface area contributed by atoms with Gasteiger partial charge in [-0.3, -0.25) is 0 Å². The van der Waals surface area contributed by atoms with Crippen molar-refractivity contribution in [1.29, 1.82) is 0 Å².